The molecule has 0 radical (unpaired) electrons. The van der Waals surface area contributed by atoms with E-state index in [1.54, 1.807) is 0 Å². The molecule has 1 aliphatic heterocycles. The van der Waals surface area contributed by atoms with Crippen LogP contribution in [-0.4, -0.2) is 19.1 Å². The highest BCUT2D eigenvalue weighted by molar-refractivity contribution is 6.33. The molecule has 0 spiro atoms. The summed E-state index contributed by atoms with van der Waals surface area (Å²) in [5.74, 6) is 0. The summed E-state index contributed by atoms with van der Waals surface area (Å²) in [6, 6.07) is 6.81. The van der Waals surface area contributed by atoms with Crippen molar-refractivity contribution in [2.45, 2.75) is 38.6 Å². The molecular formula is C14H21ClN2. The van der Waals surface area contributed by atoms with Gasteiger partial charge in [-0.25, -0.2) is 0 Å². The monoisotopic (exact) mass is 252 g/mol. The maximum atomic E-state index is 6.38. The molecular weight excluding hydrogens is 232 g/mol. The normalized spacial score (nSPS) is 19.9. The molecule has 2 N–H and O–H groups in total. The standard InChI is InChI=1S/C14H21ClN2/c1-2-12-6-4-10-17(12)14-11(8-9-16)5-3-7-13(14)15/h3,5,7,12H,2,4,6,8-10,16H2,1H3. The van der Waals surface area contributed by atoms with Gasteiger partial charge in [0.15, 0.2) is 0 Å². The fourth-order valence-corrected chi connectivity index (χ4v) is 3.10. The lowest BCUT2D eigenvalue weighted by Gasteiger charge is -2.29. The molecule has 1 heterocycles. The number of hydrogen-bond donors (Lipinski definition) is 1. The van der Waals surface area contributed by atoms with E-state index in [0.717, 1.165) is 18.0 Å². The second kappa shape index (κ2) is 5.74. The van der Waals surface area contributed by atoms with Crippen molar-refractivity contribution in [2.24, 2.45) is 5.73 Å². The lowest BCUT2D eigenvalue weighted by atomic mass is 10.1. The zero-order valence-corrected chi connectivity index (χ0v) is 11.2. The summed E-state index contributed by atoms with van der Waals surface area (Å²) in [4.78, 5) is 2.48. The number of para-hydroxylation sites is 1. The number of nitrogens with two attached hydrogens (primary N) is 1. The van der Waals surface area contributed by atoms with Gasteiger partial charge in [0.2, 0.25) is 0 Å². The molecule has 3 heteroatoms. The molecule has 1 aromatic carbocycles. The summed E-state index contributed by atoms with van der Waals surface area (Å²) in [6.07, 6.45) is 4.64. The van der Waals surface area contributed by atoms with Gasteiger partial charge in [-0.05, 0) is 43.9 Å². The maximum Gasteiger partial charge on any atom is 0.0642 e. The molecule has 1 atom stereocenters. The molecule has 0 amide bonds. The highest BCUT2D eigenvalue weighted by atomic mass is 35.5. The van der Waals surface area contributed by atoms with Gasteiger partial charge in [0.1, 0.15) is 0 Å². The molecule has 2 nitrogen and oxygen atoms in total. The molecule has 2 rings (SSSR count). The first kappa shape index (κ1) is 12.7. The molecule has 1 aliphatic rings. The van der Waals surface area contributed by atoms with E-state index in [2.05, 4.69) is 17.9 Å². The first-order chi connectivity index (χ1) is 8.27. The first-order valence-electron chi connectivity index (χ1n) is 6.52. The van der Waals surface area contributed by atoms with Crippen molar-refractivity contribution in [1.29, 1.82) is 0 Å². The van der Waals surface area contributed by atoms with Crippen molar-refractivity contribution in [3.05, 3.63) is 28.8 Å². The number of benzene rings is 1. The molecule has 1 saturated heterocycles. The van der Waals surface area contributed by atoms with Gasteiger partial charge in [0.25, 0.3) is 0 Å². The van der Waals surface area contributed by atoms with Gasteiger partial charge in [0, 0.05) is 12.6 Å². The summed E-state index contributed by atoms with van der Waals surface area (Å²) in [5.41, 5.74) is 8.20. The number of rotatable bonds is 4. The molecule has 1 fully saturated rings. The van der Waals surface area contributed by atoms with Crippen molar-refractivity contribution >= 4 is 17.3 Å². The highest BCUT2D eigenvalue weighted by Gasteiger charge is 2.26. The van der Waals surface area contributed by atoms with Crippen LogP contribution in [0.25, 0.3) is 0 Å². The van der Waals surface area contributed by atoms with E-state index in [-0.39, 0.29) is 0 Å². The topological polar surface area (TPSA) is 29.3 Å². The van der Waals surface area contributed by atoms with E-state index in [1.165, 1.54) is 30.5 Å². The average molecular weight is 253 g/mol. The summed E-state index contributed by atoms with van der Waals surface area (Å²) < 4.78 is 0. The van der Waals surface area contributed by atoms with Gasteiger partial charge in [0.05, 0.1) is 10.7 Å². The molecule has 0 aliphatic carbocycles. The largest absolute Gasteiger partial charge is 0.367 e. The van der Waals surface area contributed by atoms with Crippen molar-refractivity contribution < 1.29 is 0 Å². The van der Waals surface area contributed by atoms with Gasteiger partial charge in [-0.2, -0.15) is 0 Å². The van der Waals surface area contributed by atoms with Gasteiger partial charge >= 0.3 is 0 Å². The van der Waals surface area contributed by atoms with Gasteiger partial charge < -0.3 is 10.6 Å². The Morgan fingerprint density at radius 1 is 1.47 bits per heavy atom. The number of anilines is 1. The number of nitrogens with zero attached hydrogens (tertiary/aromatic N) is 1. The van der Waals surface area contributed by atoms with E-state index in [9.17, 15) is 0 Å². The molecule has 0 saturated carbocycles. The summed E-state index contributed by atoms with van der Waals surface area (Å²) in [6.45, 7) is 4.06. The Morgan fingerprint density at radius 2 is 2.29 bits per heavy atom. The molecule has 0 bridgehead atoms. The summed E-state index contributed by atoms with van der Waals surface area (Å²) >= 11 is 6.38. The van der Waals surface area contributed by atoms with Crippen LogP contribution in [0, 0.1) is 0 Å². The quantitative estimate of drug-likeness (QED) is 0.892. The number of halogens is 1. The Balaban J connectivity index is 2.35. The minimum atomic E-state index is 0.645. The second-order valence-corrected chi connectivity index (χ2v) is 5.09. The van der Waals surface area contributed by atoms with Crippen LogP contribution in [-0.2, 0) is 6.42 Å². The molecule has 1 aromatic rings. The van der Waals surface area contributed by atoms with Crippen LogP contribution < -0.4 is 10.6 Å². The van der Waals surface area contributed by atoms with Crippen LogP contribution in [0.5, 0.6) is 0 Å². The maximum absolute atomic E-state index is 6.38. The molecule has 1 unspecified atom stereocenters. The Morgan fingerprint density at radius 3 is 3.00 bits per heavy atom. The van der Waals surface area contributed by atoms with Crippen LogP contribution in [0.4, 0.5) is 5.69 Å². The smallest absolute Gasteiger partial charge is 0.0642 e. The van der Waals surface area contributed by atoms with Crippen LogP contribution in [0.15, 0.2) is 18.2 Å². The van der Waals surface area contributed by atoms with Crippen LogP contribution >= 0.6 is 11.6 Å². The van der Waals surface area contributed by atoms with Crippen molar-refractivity contribution in [3.63, 3.8) is 0 Å². The fraction of sp³-hybridized carbons (Fsp3) is 0.571. The Kier molecular flexibility index (Phi) is 4.30. The van der Waals surface area contributed by atoms with Gasteiger partial charge in [-0.1, -0.05) is 30.7 Å². The van der Waals surface area contributed by atoms with E-state index >= 15 is 0 Å². The predicted octanol–water partition coefficient (Wildman–Crippen LogP) is 3.22. The fourth-order valence-electron chi connectivity index (χ4n) is 2.79. The third-order valence-electron chi connectivity index (χ3n) is 3.62. The lowest BCUT2D eigenvalue weighted by molar-refractivity contribution is 0.643. The minimum Gasteiger partial charge on any atom is -0.367 e. The SMILES string of the molecule is CCC1CCCN1c1c(Cl)cccc1CCN. The zero-order valence-electron chi connectivity index (χ0n) is 10.5. The minimum absolute atomic E-state index is 0.645. The Hall–Kier alpha value is -0.730. The third-order valence-corrected chi connectivity index (χ3v) is 3.92. The Labute approximate surface area is 109 Å². The van der Waals surface area contributed by atoms with Gasteiger partial charge in [-0.15, -0.1) is 0 Å². The highest BCUT2D eigenvalue weighted by Crippen LogP contribution is 2.36. The van der Waals surface area contributed by atoms with Crippen LogP contribution in [0.2, 0.25) is 5.02 Å². The van der Waals surface area contributed by atoms with E-state index in [4.69, 9.17) is 17.3 Å². The summed E-state index contributed by atoms with van der Waals surface area (Å²) in [5, 5.41) is 0.872. The van der Waals surface area contributed by atoms with Crippen LogP contribution in [0.3, 0.4) is 0 Å². The predicted molar refractivity (Wildman–Crippen MR) is 74.9 cm³/mol. The lowest BCUT2D eigenvalue weighted by Crippen LogP contribution is -2.30. The third kappa shape index (κ3) is 2.58. The molecule has 94 valence electrons. The van der Waals surface area contributed by atoms with Crippen LogP contribution in [0.1, 0.15) is 31.7 Å². The van der Waals surface area contributed by atoms with Crippen molar-refractivity contribution in [1.82, 2.24) is 0 Å². The Bertz CT molecular complexity index is 378. The van der Waals surface area contributed by atoms with Crippen molar-refractivity contribution in [3.8, 4) is 0 Å². The first-order valence-corrected chi connectivity index (χ1v) is 6.89. The van der Waals surface area contributed by atoms with Crippen molar-refractivity contribution in [2.75, 3.05) is 18.0 Å². The molecule has 17 heavy (non-hydrogen) atoms. The molecule has 0 aromatic heterocycles. The van der Waals surface area contributed by atoms with Gasteiger partial charge in [-0.3, -0.25) is 0 Å². The average Bonchev–Trinajstić information content (AvgIpc) is 2.77. The zero-order chi connectivity index (χ0) is 12.3. The second-order valence-electron chi connectivity index (χ2n) is 4.68. The van der Waals surface area contributed by atoms with E-state index in [1.807, 2.05) is 12.1 Å². The van der Waals surface area contributed by atoms with E-state index in [0.29, 0.717) is 12.6 Å². The van der Waals surface area contributed by atoms with E-state index < -0.39 is 0 Å². The summed E-state index contributed by atoms with van der Waals surface area (Å²) in [7, 11) is 0. The number of hydrogen-bond acceptors (Lipinski definition) is 2.